The van der Waals surface area contributed by atoms with Crippen LogP contribution in [0, 0.1) is 0 Å². The van der Waals surface area contributed by atoms with E-state index in [1.165, 1.54) is 24.1 Å². The Morgan fingerprint density at radius 3 is 2.94 bits per heavy atom. The van der Waals surface area contributed by atoms with Gasteiger partial charge in [-0.3, -0.25) is 4.90 Å². The quantitative estimate of drug-likeness (QED) is 0.725. The lowest BCUT2D eigenvalue weighted by atomic mass is 9.96. The smallest absolute Gasteiger partial charge is 0.0474 e. The molecule has 0 spiro atoms. The Labute approximate surface area is 105 Å². The summed E-state index contributed by atoms with van der Waals surface area (Å²) in [6.45, 7) is 6.57. The maximum absolute atomic E-state index is 5.11. The number of methoxy groups -OCH3 is 1. The number of hydrogen-bond acceptors (Lipinski definition) is 2. The first-order valence-electron chi connectivity index (χ1n) is 6.65. The summed E-state index contributed by atoms with van der Waals surface area (Å²) in [7, 11) is 1.78. The first kappa shape index (κ1) is 12.6. The second-order valence-corrected chi connectivity index (χ2v) is 4.83. The molecule has 0 aromatic heterocycles. The Morgan fingerprint density at radius 2 is 2.18 bits per heavy atom. The van der Waals surface area contributed by atoms with E-state index in [2.05, 4.69) is 30.0 Å². The van der Waals surface area contributed by atoms with Crippen molar-refractivity contribution in [2.24, 2.45) is 0 Å². The van der Waals surface area contributed by atoms with Crippen molar-refractivity contribution in [2.45, 2.75) is 32.7 Å². The summed E-state index contributed by atoms with van der Waals surface area (Å²) in [4.78, 5) is 2.54. The van der Waals surface area contributed by atoms with Crippen LogP contribution in [-0.4, -0.2) is 31.7 Å². The molecule has 1 heterocycles. The number of ether oxygens (including phenoxy) is 1. The van der Waals surface area contributed by atoms with E-state index in [0.717, 1.165) is 32.5 Å². The van der Waals surface area contributed by atoms with Gasteiger partial charge in [-0.25, -0.2) is 0 Å². The van der Waals surface area contributed by atoms with Gasteiger partial charge in [-0.1, -0.05) is 25.1 Å². The van der Waals surface area contributed by atoms with E-state index in [4.69, 9.17) is 4.74 Å². The van der Waals surface area contributed by atoms with E-state index in [9.17, 15) is 0 Å². The van der Waals surface area contributed by atoms with Crippen LogP contribution in [0.1, 0.15) is 30.0 Å². The van der Waals surface area contributed by atoms with Crippen LogP contribution in [0.15, 0.2) is 18.2 Å². The molecule has 0 bridgehead atoms. The lowest BCUT2D eigenvalue weighted by Gasteiger charge is -2.29. The predicted octanol–water partition coefficient (Wildman–Crippen LogP) is 2.64. The molecule has 0 aliphatic carbocycles. The predicted molar refractivity (Wildman–Crippen MR) is 71.3 cm³/mol. The van der Waals surface area contributed by atoms with E-state index in [0.29, 0.717) is 0 Å². The molecule has 0 amide bonds. The van der Waals surface area contributed by atoms with E-state index < -0.39 is 0 Å². The first-order chi connectivity index (χ1) is 8.33. The Bertz CT molecular complexity index is 362. The van der Waals surface area contributed by atoms with E-state index in [1.807, 2.05) is 0 Å². The van der Waals surface area contributed by atoms with Gasteiger partial charge in [0.05, 0.1) is 0 Å². The molecule has 0 unspecified atom stereocenters. The topological polar surface area (TPSA) is 12.5 Å². The summed E-state index contributed by atoms with van der Waals surface area (Å²) >= 11 is 0. The third kappa shape index (κ3) is 3.30. The highest BCUT2D eigenvalue weighted by molar-refractivity contribution is 5.33. The molecule has 1 aliphatic heterocycles. The SMILES string of the molecule is CCc1ccc2c(c1)CN(CCCOC)CC2. The van der Waals surface area contributed by atoms with Gasteiger partial charge in [-0.2, -0.15) is 0 Å². The summed E-state index contributed by atoms with van der Waals surface area (Å²) < 4.78 is 5.11. The molecule has 17 heavy (non-hydrogen) atoms. The van der Waals surface area contributed by atoms with E-state index in [1.54, 1.807) is 12.7 Å². The van der Waals surface area contributed by atoms with Crippen LogP contribution in [0.25, 0.3) is 0 Å². The van der Waals surface area contributed by atoms with Crippen LogP contribution in [0.3, 0.4) is 0 Å². The zero-order chi connectivity index (χ0) is 12.1. The van der Waals surface area contributed by atoms with Gasteiger partial charge in [-0.05, 0) is 36.0 Å². The Balaban J connectivity index is 1.96. The molecular weight excluding hydrogens is 210 g/mol. The second kappa shape index (κ2) is 6.18. The molecule has 2 rings (SSSR count). The van der Waals surface area contributed by atoms with Crippen LogP contribution >= 0.6 is 0 Å². The highest BCUT2D eigenvalue weighted by Gasteiger charge is 2.15. The number of nitrogens with zero attached hydrogens (tertiary/aromatic N) is 1. The summed E-state index contributed by atoms with van der Waals surface area (Å²) in [6, 6.07) is 6.98. The highest BCUT2D eigenvalue weighted by atomic mass is 16.5. The van der Waals surface area contributed by atoms with Crippen molar-refractivity contribution in [2.75, 3.05) is 26.8 Å². The molecule has 1 aromatic rings. The minimum atomic E-state index is 0.873. The largest absolute Gasteiger partial charge is 0.385 e. The van der Waals surface area contributed by atoms with Gasteiger partial charge in [0.1, 0.15) is 0 Å². The van der Waals surface area contributed by atoms with E-state index in [-0.39, 0.29) is 0 Å². The molecule has 0 saturated carbocycles. The van der Waals surface area contributed by atoms with Crippen molar-refractivity contribution in [3.63, 3.8) is 0 Å². The molecule has 0 N–H and O–H groups in total. The average Bonchev–Trinajstić information content (AvgIpc) is 2.38. The highest BCUT2D eigenvalue weighted by Crippen LogP contribution is 2.20. The number of fused-ring (bicyclic) bond motifs is 1. The normalized spacial score (nSPS) is 15.9. The molecule has 0 saturated heterocycles. The Morgan fingerprint density at radius 1 is 1.29 bits per heavy atom. The first-order valence-corrected chi connectivity index (χ1v) is 6.65. The zero-order valence-electron chi connectivity index (χ0n) is 11.0. The fraction of sp³-hybridized carbons (Fsp3) is 0.600. The van der Waals surface area contributed by atoms with Crippen molar-refractivity contribution in [1.82, 2.24) is 4.90 Å². The van der Waals surface area contributed by atoms with Crippen molar-refractivity contribution in [3.8, 4) is 0 Å². The Hall–Kier alpha value is -0.860. The second-order valence-electron chi connectivity index (χ2n) is 4.83. The van der Waals surface area contributed by atoms with Gasteiger partial charge in [0.25, 0.3) is 0 Å². The fourth-order valence-electron chi connectivity index (χ4n) is 2.51. The van der Waals surface area contributed by atoms with Gasteiger partial charge >= 0.3 is 0 Å². The number of hydrogen-bond donors (Lipinski definition) is 0. The minimum Gasteiger partial charge on any atom is -0.385 e. The van der Waals surface area contributed by atoms with Gasteiger partial charge in [-0.15, -0.1) is 0 Å². The van der Waals surface area contributed by atoms with Crippen LogP contribution in [0.5, 0.6) is 0 Å². The molecule has 0 radical (unpaired) electrons. The van der Waals surface area contributed by atoms with Gasteiger partial charge in [0.2, 0.25) is 0 Å². The summed E-state index contributed by atoms with van der Waals surface area (Å²) in [5, 5.41) is 0. The standard InChI is InChI=1S/C15H23NO/c1-3-13-5-6-14-7-9-16(8-4-10-17-2)12-15(14)11-13/h5-6,11H,3-4,7-10,12H2,1-2H3. The number of aryl methyl sites for hydroxylation is 1. The van der Waals surface area contributed by atoms with Crippen LogP contribution in [0.4, 0.5) is 0 Å². The minimum absolute atomic E-state index is 0.873. The van der Waals surface area contributed by atoms with Crippen molar-refractivity contribution in [3.05, 3.63) is 34.9 Å². The van der Waals surface area contributed by atoms with Crippen molar-refractivity contribution in [1.29, 1.82) is 0 Å². The maximum Gasteiger partial charge on any atom is 0.0474 e. The van der Waals surface area contributed by atoms with Gasteiger partial charge in [0.15, 0.2) is 0 Å². The average molecular weight is 233 g/mol. The van der Waals surface area contributed by atoms with Crippen molar-refractivity contribution >= 4 is 0 Å². The molecule has 0 atom stereocenters. The maximum atomic E-state index is 5.11. The van der Waals surface area contributed by atoms with Gasteiger partial charge < -0.3 is 4.74 Å². The lowest BCUT2D eigenvalue weighted by Crippen LogP contribution is -2.31. The molecule has 2 nitrogen and oxygen atoms in total. The molecule has 1 aliphatic rings. The molecule has 94 valence electrons. The fourth-order valence-corrected chi connectivity index (χ4v) is 2.51. The van der Waals surface area contributed by atoms with Gasteiger partial charge in [0, 0.05) is 33.4 Å². The zero-order valence-corrected chi connectivity index (χ0v) is 11.0. The molecule has 1 aromatic carbocycles. The number of rotatable bonds is 5. The van der Waals surface area contributed by atoms with Crippen LogP contribution in [-0.2, 0) is 24.1 Å². The van der Waals surface area contributed by atoms with Crippen LogP contribution < -0.4 is 0 Å². The van der Waals surface area contributed by atoms with Crippen LogP contribution in [0.2, 0.25) is 0 Å². The molecule has 0 fully saturated rings. The van der Waals surface area contributed by atoms with E-state index >= 15 is 0 Å². The number of benzene rings is 1. The molecule has 2 heteroatoms. The summed E-state index contributed by atoms with van der Waals surface area (Å²) in [5.41, 5.74) is 4.54. The summed E-state index contributed by atoms with van der Waals surface area (Å²) in [5.74, 6) is 0. The Kier molecular flexibility index (Phi) is 4.57. The van der Waals surface area contributed by atoms with Crippen molar-refractivity contribution < 1.29 is 4.74 Å². The lowest BCUT2D eigenvalue weighted by molar-refractivity contribution is 0.167. The summed E-state index contributed by atoms with van der Waals surface area (Å²) in [6.07, 6.45) is 3.47. The third-order valence-electron chi connectivity index (χ3n) is 3.59. The molecular formula is C15H23NO. The third-order valence-corrected chi connectivity index (χ3v) is 3.59. The monoisotopic (exact) mass is 233 g/mol.